The van der Waals surface area contributed by atoms with Gasteiger partial charge in [-0.25, -0.2) is 0 Å². The molecule has 0 heterocycles. The summed E-state index contributed by atoms with van der Waals surface area (Å²) in [7, 11) is 2.11. The van der Waals surface area contributed by atoms with Gasteiger partial charge in [0.15, 0.2) is 0 Å². The van der Waals surface area contributed by atoms with Gasteiger partial charge in [0.25, 0.3) is 0 Å². The maximum atomic E-state index is 6.14. The molecule has 0 aliphatic heterocycles. The Bertz CT molecular complexity index is 549. The number of nitrogens with zero attached hydrogens (tertiary/aromatic N) is 1. The highest BCUT2D eigenvalue weighted by molar-refractivity contribution is 5.66. The average Bonchev–Trinajstić information content (AvgIpc) is 2.47. The Hall–Kier alpha value is -1.80. The lowest BCUT2D eigenvalue weighted by Crippen LogP contribution is -2.23. The van der Waals surface area contributed by atoms with Crippen molar-refractivity contribution in [2.75, 3.05) is 11.9 Å². The standard InChI is InChI=1S/C18H24N2/c1-4-16(19)13-15-12-14(2)10-11-18(15)20(3)17-8-6-5-7-9-17/h5-12,16H,4,13,19H2,1-3H3. The first-order chi connectivity index (χ1) is 9.61. The van der Waals surface area contributed by atoms with E-state index >= 15 is 0 Å². The first-order valence-electron chi connectivity index (χ1n) is 7.25. The van der Waals surface area contributed by atoms with Gasteiger partial charge in [-0.3, -0.25) is 0 Å². The van der Waals surface area contributed by atoms with E-state index in [1.54, 1.807) is 0 Å². The summed E-state index contributed by atoms with van der Waals surface area (Å²) in [4.78, 5) is 2.23. The Morgan fingerprint density at radius 3 is 2.45 bits per heavy atom. The Kier molecular flexibility index (Phi) is 4.80. The van der Waals surface area contributed by atoms with Crippen molar-refractivity contribution in [2.24, 2.45) is 5.73 Å². The average molecular weight is 268 g/mol. The van der Waals surface area contributed by atoms with Gasteiger partial charge in [-0.15, -0.1) is 0 Å². The van der Waals surface area contributed by atoms with E-state index in [-0.39, 0.29) is 6.04 Å². The second-order valence-electron chi connectivity index (χ2n) is 5.40. The van der Waals surface area contributed by atoms with Crippen molar-refractivity contribution >= 4 is 11.4 Å². The largest absolute Gasteiger partial charge is 0.344 e. The minimum absolute atomic E-state index is 0.222. The zero-order chi connectivity index (χ0) is 14.5. The minimum Gasteiger partial charge on any atom is -0.344 e. The molecule has 0 saturated carbocycles. The van der Waals surface area contributed by atoms with Crippen molar-refractivity contribution in [1.82, 2.24) is 0 Å². The van der Waals surface area contributed by atoms with Crippen LogP contribution in [0.4, 0.5) is 11.4 Å². The predicted molar refractivity (Wildman–Crippen MR) is 87.7 cm³/mol. The van der Waals surface area contributed by atoms with Gasteiger partial charge in [0.2, 0.25) is 0 Å². The zero-order valence-electron chi connectivity index (χ0n) is 12.6. The Morgan fingerprint density at radius 1 is 1.10 bits per heavy atom. The first kappa shape index (κ1) is 14.6. The van der Waals surface area contributed by atoms with Crippen LogP contribution >= 0.6 is 0 Å². The van der Waals surface area contributed by atoms with Crippen LogP contribution in [0, 0.1) is 6.92 Å². The number of aryl methyl sites for hydroxylation is 1. The molecule has 0 saturated heterocycles. The number of hydrogen-bond donors (Lipinski definition) is 1. The molecule has 0 aliphatic carbocycles. The van der Waals surface area contributed by atoms with Gasteiger partial charge in [-0.2, -0.15) is 0 Å². The molecule has 20 heavy (non-hydrogen) atoms. The van der Waals surface area contributed by atoms with Crippen LogP contribution in [0.15, 0.2) is 48.5 Å². The highest BCUT2D eigenvalue weighted by Gasteiger charge is 2.11. The molecule has 0 fully saturated rings. The van der Waals surface area contributed by atoms with Gasteiger partial charge < -0.3 is 10.6 Å². The summed E-state index contributed by atoms with van der Waals surface area (Å²) in [5.41, 5.74) is 11.2. The second-order valence-corrected chi connectivity index (χ2v) is 5.40. The van der Waals surface area contributed by atoms with Crippen LogP contribution in [0.3, 0.4) is 0 Å². The number of anilines is 2. The number of para-hydroxylation sites is 1. The van der Waals surface area contributed by atoms with Crippen LogP contribution in [0.5, 0.6) is 0 Å². The zero-order valence-corrected chi connectivity index (χ0v) is 12.6. The van der Waals surface area contributed by atoms with Gasteiger partial charge in [-0.1, -0.05) is 42.8 Å². The number of benzene rings is 2. The summed E-state index contributed by atoms with van der Waals surface area (Å²) >= 11 is 0. The minimum atomic E-state index is 0.222. The summed E-state index contributed by atoms with van der Waals surface area (Å²) in [6.45, 7) is 4.27. The molecule has 2 aromatic carbocycles. The van der Waals surface area contributed by atoms with Gasteiger partial charge in [0.05, 0.1) is 0 Å². The fraction of sp³-hybridized carbons (Fsp3) is 0.333. The molecule has 106 valence electrons. The molecule has 0 aliphatic rings. The number of rotatable bonds is 5. The number of hydrogen-bond acceptors (Lipinski definition) is 2. The van der Waals surface area contributed by atoms with Crippen LogP contribution in [0.2, 0.25) is 0 Å². The van der Waals surface area contributed by atoms with Crippen molar-refractivity contribution < 1.29 is 0 Å². The van der Waals surface area contributed by atoms with Crippen LogP contribution in [0.1, 0.15) is 24.5 Å². The Morgan fingerprint density at radius 2 is 1.80 bits per heavy atom. The lowest BCUT2D eigenvalue weighted by atomic mass is 10.00. The quantitative estimate of drug-likeness (QED) is 0.886. The Balaban J connectivity index is 2.35. The lowest BCUT2D eigenvalue weighted by Gasteiger charge is -2.24. The second kappa shape index (κ2) is 6.58. The maximum absolute atomic E-state index is 6.14. The van der Waals surface area contributed by atoms with Crippen LogP contribution in [0.25, 0.3) is 0 Å². The van der Waals surface area contributed by atoms with Crippen LogP contribution in [-0.2, 0) is 6.42 Å². The van der Waals surface area contributed by atoms with Crippen molar-refractivity contribution in [3.8, 4) is 0 Å². The van der Waals surface area contributed by atoms with Crippen LogP contribution in [-0.4, -0.2) is 13.1 Å². The molecule has 2 heteroatoms. The predicted octanol–water partition coefficient (Wildman–Crippen LogP) is 4.04. The highest BCUT2D eigenvalue weighted by Crippen LogP contribution is 2.28. The molecule has 1 unspecified atom stereocenters. The molecule has 0 amide bonds. The monoisotopic (exact) mass is 268 g/mol. The number of nitrogens with two attached hydrogens (primary N) is 1. The molecular weight excluding hydrogens is 244 g/mol. The lowest BCUT2D eigenvalue weighted by molar-refractivity contribution is 0.646. The topological polar surface area (TPSA) is 29.3 Å². The molecule has 0 radical (unpaired) electrons. The van der Waals surface area contributed by atoms with Gasteiger partial charge in [0, 0.05) is 24.5 Å². The summed E-state index contributed by atoms with van der Waals surface area (Å²) in [5.74, 6) is 0. The first-order valence-corrected chi connectivity index (χ1v) is 7.25. The van der Waals surface area contributed by atoms with Crippen molar-refractivity contribution in [3.63, 3.8) is 0 Å². The molecule has 0 aromatic heterocycles. The van der Waals surface area contributed by atoms with E-state index in [0.29, 0.717) is 0 Å². The van der Waals surface area contributed by atoms with Gasteiger partial charge in [0.1, 0.15) is 0 Å². The summed E-state index contributed by atoms with van der Waals surface area (Å²) < 4.78 is 0. The van der Waals surface area contributed by atoms with E-state index in [4.69, 9.17) is 5.73 Å². The third-order valence-electron chi connectivity index (χ3n) is 3.75. The SMILES string of the molecule is CCC(N)Cc1cc(C)ccc1N(C)c1ccccc1. The van der Waals surface area contributed by atoms with Crippen molar-refractivity contribution in [3.05, 3.63) is 59.7 Å². The van der Waals surface area contributed by atoms with Crippen molar-refractivity contribution in [2.45, 2.75) is 32.7 Å². The molecule has 0 spiro atoms. The van der Waals surface area contributed by atoms with E-state index in [0.717, 1.165) is 12.8 Å². The molecule has 0 bridgehead atoms. The van der Waals surface area contributed by atoms with E-state index in [2.05, 4.69) is 68.3 Å². The molecule has 2 rings (SSSR count). The molecule has 2 N–H and O–H groups in total. The highest BCUT2D eigenvalue weighted by atomic mass is 15.1. The van der Waals surface area contributed by atoms with E-state index < -0.39 is 0 Å². The molecule has 2 nitrogen and oxygen atoms in total. The van der Waals surface area contributed by atoms with Gasteiger partial charge in [-0.05, 0) is 43.5 Å². The Labute approximate surface area is 122 Å². The van der Waals surface area contributed by atoms with E-state index in [1.807, 2.05) is 6.07 Å². The smallest absolute Gasteiger partial charge is 0.0441 e. The third kappa shape index (κ3) is 3.40. The van der Waals surface area contributed by atoms with Crippen molar-refractivity contribution in [1.29, 1.82) is 0 Å². The van der Waals surface area contributed by atoms with E-state index in [1.165, 1.54) is 22.5 Å². The molecule has 2 aromatic rings. The fourth-order valence-electron chi connectivity index (χ4n) is 2.42. The van der Waals surface area contributed by atoms with E-state index in [9.17, 15) is 0 Å². The summed E-state index contributed by atoms with van der Waals surface area (Å²) in [5, 5.41) is 0. The molecule has 1 atom stereocenters. The maximum Gasteiger partial charge on any atom is 0.0441 e. The van der Waals surface area contributed by atoms with Crippen LogP contribution < -0.4 is 10.6 Å². The normalized spacial score (nSPS) is 12.2. The fourth-order valence-corrected chi connectivity index (χ4v) is 2.42. The summed E-state index contributed by atoms with van der Waals surface area (Å²) in [6.07, 6.45) is 1.92. The third-order valence-corrected chi connectivity index (χ3v) is 3.75. The molecular formula is C18H24N2. The summed E-state index contributed by atoms with van der Waals surface area (Å²) in [6, 6.07) is 17.3. The van der Waals surface area contributed by atoms with Gasteiger partial charge >= 0.3 is 0 Å².